The summed E-state index contributed by atoms with van der Waals surface area (Å²) in [6.45, 7) is 7.65. The summed E-state index contributed by atoms with van der Waals surface area (Å²) >= 11 is 0. The van der Waals surface area contributed by atoms with E-state index in [9.17, 15) is 14.7 Å². The number of rotatable bonds is 8. The molecule has 0 saturated carbocycles. The number of aromatic nitrogens is 2. The molecule has 0 aliphatic carbocycles. The second-order valence-corrected chi connectivity index (χ2v) is 8.87. The van der Waals surface area contributed by atoms with Gasteiger partial charge in [-0.05, 0) is 42.3 Å². The fourth-order valence-corrected chi connectivity index (χ4v) is 4.30. The molecule has 1 aliphatic rings. The summed E-state index contributed by atoms with van der Waals surface area (Å²) in [6, 6.07) is 8.90. The number of H-pyrrole nitrogens is 1. The van der Waals surface area contributed by atoms with Crippen LogP contribution in [0.25, 0.3) is 10.9 Å². The molecule has 2 aromatic heterocycles. The summed E-state index contributed by atoms with van der Waals surface area (Å²) in [6.07, 6.45) is 6.36. The van der Waals surface area contributed by atoms with Crippen LogP contribution in [0.2, 0.25) is 0 Å². The number of fused-ring (bicyclic) bond motifs is 1. The molecule has 1 amide bonds. The number of hydrogen-bond acceptors (Lipinski definition) is 5. The van der Waals surface area contributed by atoms with Crippen molar-refractivity contribution in [3.8, 4) is 0 Å². The highest BCUT2D eigenvalue weighted by Gasteiger charge is 2.32. The van der Waals surface area contributed by atoms with Gasteiger partial charge in [0.2, 0.25) is 5.91 Å². The highest BCUT2D eigenvalue weighted by Crippen LogP contribution is 2.31. The van der Waals surface area contributed by atoms with Crippen LogP contribution >= 0.6 is 0 Å². The van der Waals surface area contributed by atoms with Gasteiger partial charge >= 0.3 is 5.97 Å². The van der Waals surface area contributed by atoms with Gasteiger partial charge in [-0.25, -0.2) is 0 Å². The summed E-state index contributed by atoms with van der Waals surface area (Å²) in [4.78, 5) is 36.1. The van der Waals surface area contributed by atoms with Crippen LogP contribution in [0.1, 0.15) is 31.0 Å². The monoisotopic (exact) mass is 449 g/mol. The van der Waals surface area contributed by atoms with Gasteiger partial charge in [-0.2, -0.15) is 0 Å². The number of carboxylic acid groups (broad SMARTS) is 1. The molecule has 174 valence electrons. The Kier molecular flexibility index (Phi) is 7.05. The number of amides is 1. The Bertz CT molecular complexity index is 1100. The van der Waals surface area contributed by atoms with Gasteiger partial charge in [0, 0.05) is 79.4 Å². The fraction of sp³-hybridized carbons (Fsp3) is 0.400. The SMILES string of the molecule is CC(C)C(=O)Nc1ccc2[nH]cc([C@H](C(=O)O)N3CCN(CCc4ccncc4)CC3)c2c1. The maximum absolute atomic E-state index is 12.3. The normalized spacial score (nSPS) is 16.2. The number of pyridine rings is 1. The lowest BCUT2D eigenvalue weighted by Crippen LogP contribution is -2.49. The van der Waals surface area contributed by atoms with E-state index in [0.717, 1.165) is 42.5 Å². The van der Waals surface area contributed by atoms with E-state index >= 15 is 0 Å². The Morgan fingerprint density at radius 1 is 1.12 bits per heavy atom. The zero-order valence-electron chi connectivity index (χ0n) is 19.1. The summed E-state index contributed by atoms with van der Waals surface area (Å²) in [5.74, 6) is -1.06. The number of benzene rings is 1. The van der Waals surface area contributed by atoms with Crippen LogP contribution in [0.5, 0.6) is 0 Å². The van der Waals surface area contributed by atoms with Gasteiger partial charge in [0.1, 0.15) is 6.04 Å². The smallest absolute Gasteiger partial charge is 0.325 e. The molecule has 0 bridgehead atoms. The molecule has 1 fully saturated rings. The molecule has 3 heterocycles. The van der Waals surface area contributed by atoms with E-state index in [0.29, 0.717) is 18.8 Å². The fourth-order valence-electron chi connectivity index (χ4n) is 4.30. The Morgan fingerprint density at radius 3 is 2.52 bits per heavy atom. The molecule has 3 aromatic rings. The lowest BCUT2D eigenvalue weighted by Gasteiger charge is -2.37. The number of carboxylic acids is 1. The minimum atomic E-state index is -0.863. The van der Waals surface area contributed by atoms with Crippen molar-refractivity contribution in [2.45, 2.75) is 26.3 Å². The first kappa shape index (κ1) is 22.9. The van der Waals surface area contributed by atoms with Crippen LogP contribution < -0.4 is 5.32 Å². The molecule has 8 heteroatoms. The molecule has 0 unspecified atom stereocenters. The number of piperazine rings is 1. The predicted molar refractivity (Wildman–Crippen MR) is 128 cm³/mol. The first-order valence-electron chi connectivity index (χ1n) is 11.4. The van der Waals surface area contributed by atoms with E-state index in [4.69, 9.17) is 0 Å². The standard InChI is InChI=1S/C25H31N5O3/c1-17(2)24(31)28-19-3-4-22-20(15-19)21(16-27-22)23(25(32)33)30-13-11-29(12-14-30)10-7-18-5-8-26-9-6-18/h3-6,8-9,15-17,23,27H,7,10-14H2,1-2H3,(H,28,31)(H,32,33)/t23-/m1/s1. The summed E-state index contributed by atoms with van der Waals surface area (Å²) < 4.78 is 0. The van der Waals surface area contributed by atoms with Gasteiger partial charge in [-0.15, -0.1) is 0 Å². The van der Waals surface area contributed by atoms with Gasteiger partial charge in [0.25, 0.3) is 0 Å². The Balaban J connectivity index is 1.46. The zero-order chi connectivity index (χ0) is 23.4. The van der Waals surface area contributed by atoms with Gasteiger partial charge in [-0.1, -0.05) is 13.8 Å². The van der Waals surface area contributed by atoms with Crippen molar-refractivity contribution in [2.75, 3.05) is 38.0 Å². The highest BCUT2D eigenvalue weighted by molar-refractivity contribution is 5.96. The third-order valence-electron chi connectivity index (χ3n) is 6.27. The van der Waals surface area contributed by atoms with E-state index in [1.54, 1.807) is 6.20 Å². The number of hydrogen-bond donors (Lipinski definition) is 3. The van der Waals surface area contributed by atoms with E-state index in [-0.39, 0.29) is 11.8 Å². The van der Waals surface area contributed by atoms with E-state index in [1.165, 1.54) is 5.56 Å². The van der Waals surface area contributed by atoms with Crippen molar-refractivity contribution in [3.63, 3.8) is 0 Å². The maximum atomic E-state index is 12.3. The third-order valence-corrected chi connectivity index (χ3v) is 6.27. The van der Waals surface area contributed by atoms with Crippen molar-refractivity contribution < 1.29 is 14.7 Å². The number of carbonyl (C=O) groups is 2. The number of anilines is 1. The minimum absolute atomic E-state index is 0.0656. The molecule has 1 aliphatic heterocycles. The molecule has 0 spiro atoms. The Hall–Kier alpha value is -3.23. The summed E-state index contributed by atoms with van der Waals surface area (Å²) in [7, 11) is 0. The average Bonchev–Trinajstić information content (AvgIpc) is 3.22. The lowest BCUT2D eigenvalue weighted by atomic mass is 10.0. The molecule has 4 rings (SSSR count). The van der Waals surface area contributed by atoms with Crippen molar-refractivity contribution in [1.29, 1.82) is 0 Å². The third kappa shape index (κ3) is 5.40. The number of aromatic amines is 1. The molecule has 1 saturated heterocycles. The minimum Gasteiger partial charge on any atom is -0.480 e. The average molecular weight is 450 g/mol. The molecular formula is C25H31N5O3. The quantitative estimate of drug-likeness (QED) is 0.488. The number of carbonyl (C=O) groups excluding carboxylic acids is 1. The van der Waals surface area contributed by atoms with Gasteiger partial charge < -0.3 is 20.3 Å². The number of aliphatic carboxylic acids is 1. The maximum Gasteiger partial charge on any atom is 0.325 e. The summed E-state index contributed by atoms with van der Waals surface area (Å²) in [5, 5.41) is 13.8. The first-order chi connectivity index (χ1) is 15.9. The molecule has 8 nitrogen and oxygen atoms in total. The molecule has 33 heavy (non-hydrogen) atoms. The number of nitrogens with zero attached hydrogens (tertiary/aromatic N) is 3. The number of nitrogens with one attached hydrogen (secondary N) is 2. The van der Waals surface area contributed by atoms with Crippen LogP contribution in [-0.2, 0) is 16.0 Å². The first-order valence-corrected chi connectivity index (χ1v) is 11.4. The lowest BCUT2D eigenvalue weighted by molar-refractivity contribution is -0.144. The van der Waals surface area contributed by atoms with Gasteiger partial charge in [0.15, 0.2) is 0 Å². The summed E-state index contributed by atoms with van der Waals surface area (Å²) in [5.41, 5.74) is 3.51. The van der Waals surface area contributed by atoms with E-state index in [1.807, 2.05) is 61.5 Å². The van der Waals surface area contributed by atoms with Crippen molar-refractivity contribution in [2.24, 2.45) is 5.92 Å². The molecule has 3 N–H and O–H groups in total. The second-order valence-electron chi connectivity index (χ2n) is 8.87. The van der Waals surface area contributed by atoms with E-state index < -0.39 is 12.0 Å². The van der Waals surface area contributed by atoms with Crippen molar-refractivity contribution >= 4 is 28.5 Å². The van der Waals surface area contributed by atoms with Crippen LogP contribution in [0.3, 0.4) is 0 Å². The van der Waals surface area contributed by atoms with Crippen molar-refractivity contribution in [3.05, 3.63) is 60.0 Å². The highest BCUT2D eigenvalue weighted by atomic mass is 16.4. The molecular weight excluding hydrogens is 418 g/mol. The molecule has 1 atom stereocenters. The Morgan fingerprint density at radius 2 is 1.85 bits per heavy atom. The molecule has 0 radical (unpaired) electrons. The van der Waals surface area contributed by atoms with Gasteiger partial charge in [-0.3, -0.25) is 19.5 Å². The Labute approximate surface area is 193 Å². The van der Waals surface area contributed by atoms with Crippen LogP contribution in [0.15, 0.2) is 48.9 Å². The van der Waals surface area contributed by atoms with Gasteiger partial charge in [0.05, 0.1) is 0 Å². The zero-order valence-corrected chi connectivity index (χ0v) is 19.1. The molecule has 1 aromatic carbocycles. The topological polar surface area (TPSA) is 102 Å². The van der Waals surface area contributed by atoms with Crippen LogP contribution in [0, 0.1) is 5.92 Å². The second kappa shape index (κ2) is 10.1. The predicted octanol–water partition coefficient (Wildman–Crippen LogP) is 3.14. The van der Waals surface area contributed by atoms with Crippen LogP contribution in [-0.4, -0.2) is 69.5 Å². The van der Waals surface area contributed by atoms with Crippen molar-refractivity contribution in [1.82, 2.24) is 19.8 Å². The van der Waals surface area contributed by atoms with E-state index in [2.05, 4.69) is 20.2 Å². The largest absolute Gasteiger partial charge is 0.480 e. The van der Waals surface area contributed by atoms with Crippen LogP contribution in [0.4, 0.5) is 5.69 Å².